The van der Waals surface area contributed by atoms with Crippen molar-refractivity contribution in [1.29, 1.82) is 0 Å². The van der Waals surface area contributed by atoms with Gasteiger partial charge in [-0.05, 0) is 18.2 Å². The molecule has 0 radical (unpaired) electrons. The molecule has 1 amide bonds. The van der Waals surface area contributed by atoms with Crippen molar-refractivity contribution in [1.82, 2.24) is 4.90 Å². The maximum Gasteiger partial charge on any atom is 0.255 e. The van der Waals surface area contributed by atoms with Crippen LogP contribution in [0.5, 0.6) is 0 Å². The minimum absolute atomic E-state index is 0.00709. The highest BCUT2D eigenvalue weighted by atomic mass is 79.9. The Morgan fingerprint density at radius 2 is 1.77 bits per heavy atom. The number of rotatable bonds is 2. The lowest BCUT2D eigenvalue weighted by molar-refractivity contribution is -0.377. The number of pyridine rings is 1. The summed E-state index contributed by atoms with van der Waals surface area (Å²) in [7, 11) is 0. The summed E-state index contributed by atoms with van der Waals surface area (Å²) in [6, 6.07) is 9.45. The summed E-state index contributed by atoms with van der Waals surface area (Å²) in [5, 5.41) is 0.495. The van der Waals surface area contributed by atoms with Gasteiger partial charge in [-0.25, -0.2) is 4.98 Å². The average molecular weight is 382 g/mol. The first-order chi connectivity index (χ1) is 10.6. The quantitative estimate of drug-likeness (QED) is 0.802. The molecule has 0 aliphatic carbocycles. The third-order valence-electron chi connectivity index (χ3n) is 3.79. The summed E-state index contributed by atoms with van der Waals surface area (Å²) in [5.74, 6) is -0.00709. The molecule has 6 heteroatoms. The molecule has 1 aliphatic heterocycles. The van der Waals surface area contributed by atoms with Crippen LogP contribution in [0.2, 0.25) is 5.02 Å². The van der Waals surface area contributed by atoms with Crippen molar-refractivity contribution in [3.05, 3.63) is 57.8 Å². The van der Waals surface area contributed by atoms with Gasteiger partial charge in [-0.2, -0.15) is 0 Å². The predicted octanol–water partition coefficient (Wildman–Crippen LogP) is 2.88. The van der Waals surface area contributed by atoms with Crippen molar-refractivity contribution < 1.29 is 9.78 Å². The van der Waals surface area contributed by atoms with Gasteiger partial charge in [-0.1, -0.05) is 27.5 Å². The Hall–Kier alpha value is -1.59. The first-order valence-corrected chi connectivity index (χ1v) is 8.27. The van der Waals surface area contributed by atoms with E-state index in [2.05, 4.69) is 25.8 Å². The second-order valence-corrected chi connectivity index (χ2v) is 6.48. The molecule has 1 saturated heterocycles. The van der Waals surface area contributed by atoms with Gasteiger partial charge in [0.2, 0.25) is 0 Å². The fourth-order valence-corrected chi connectivity index (χ4v) is 3.15. The topological polar surface area (TPSA) is 37.7 Å². The fraction of sp³-hybridized carbons (Fsp3) is 0.250. The number of aromatic nitrogens is 1. The summed E-state index contributed by atoms with van der Waals surface area (Å²) < 4.78 is 0.861. The van der Waals surface area contributed by atoms with Crippen LogP contribution in [0.4, 0.5) is 5.69 Å². The Morgan fingerprint density at radius 1 is 1.09 bits per heavy atom. The van der Waals surface area contributed by atoms with E-state index in [0.717, 1.165) is 17.6 Å². The molecule has 0 unspecified atom stereocenters. The molecule has 2 aromatic rings. The van der Waals surface area contributed by atoms with E-state index in [9.17, 15) is 4.79 Å². The molecule has 114 valence electrons. The second kappa shape index (κ2) is 6.67. The second-order valence-electron chi connectivity index (χ2n) is 5.16. The van der Waals surface area contributed by atoms with Crippen LogP contribution in [-0.2, 0) is 0 Å². The lowest BCUT2D eigenvalue weighted by atomic mass is 10.1. The van der Waals surface area contributed by atoms with Crippen LogP contribution in [0, 0.1) is 0 Å². The monoisotopic (exact) mass is 380 g/mol. The number of nitrogens with zero attached hydrogens (tertiary/aromatic N) is 2. The smallest absolute Gasteiger partial charge is 0.255 e. The number of hydrogen-bond acceptors (Lipinski definition) is 2. The highest BCUT2D eigenvalue weighted by Gasteiger charge is 2.24. The molecule has 0 spiro atoms. The van der Waals surface area contributed by atoms with Gasteiger partial charge < -0.3 is 9.80 Å². The normalized spacial score (nSPS) is 15.0. The van der Waals surface area contributed by atoms with E-state index in [1.54, 1.807) is 12.1 Å². The van der Waals surface area contributed by atoms with Gasteiger partial charge in [-0.3, -0.25) is 4.79 Å². The molecule has 2 heterocycles. The highest BCUT2D eigenvalue weighted by Crippen LogP contribution is 2.23. The third kappa shape index (κ3) is 3.25. The Kier molecular flexibility index (Phi) is 4.64. The number of H-pyrrole nitrogens is 1. The lowest BCUT2D eigenvalue weighted by Crippen LogP contribution is -2.48. The number of hydrogen-bond donors (Lipinski definition) is 0. The van der Waals surface area contributed by atoms with Crippen LogP contribution >= 0.6 is 27.5 Å². The van der Waals surface area contributed by atoms with Crippen molar-refractivity contribution in [2.75, 3.05) is 31.1 Å². The van der Waals surface area contributed by atoms with Crippen molar-refractivity contribution in [3.8, 4) is 0 Å². The van der Waals surface area contributed by atoms with Gasteiger partial charge in [0.1, 0.15) is 0 Å². The number of piperazine rings is 1. The van der Waals surface area contributed by atoms with Gasteiger partial charge in [0, 0.05) is 48.5 Å². The van der Waals surface area contributed by atoms with Crippen molar-refractivity contribution in [3.63, 3.8) is 0 Å². The molecule has 1 aromatic carbocycles. The minimum atomic E-state index is -0.00709. The Bertz CT molecular complexity index is 672. The van der Waals surface area contributed by atoms with Gasteiger partial charge in [0.25, 0.3) is 5.91 Å². The van der Waals surface area contributed by atoms with Gasteiger partial charge in [-0.15, -0.1) is 0 Å². The Balaban J connectivity index is 1.68. The summed E-state index contributed by atoms with van der Waals surface area (Å²) in [5.41, 5.74) is 1.73. The lowest BCUT2D eigenvalue weighted by Gasteiger charge is -2.36. The Labute approximate surface area is 142 Å². The average Bonchev–Trinajstić information content (AvgIpc) is 2.57. The zero-order valence-corrected chi connectivity index (χ0v) is 14.3. The fourth-order valence-electron chi connectivity index (χ4n) is 2.59. The first kappa shape index (κ1) is 15.3. The number of amides is 1. The summed E-state index contributed by atoms with van der Waals surface area (Å²) >= 11 is 9.54. The number of anilines is 1. The zero-order valence-electron chi connectivity index (χ0n) is 11.9. The third-order valence-corrected chi connectivity index (χ3v) is 4.61. The van der Waals surface area contributed by atoms with Crippen LogP contribution in [0.25, 0.3) is 0 Å². The van der Waals surface area contributed by atoms with E-state index in [-0.39, 0.29) is 5.91 Å². The van der Waals surface area contributed by atoms with Crippen molar-refractivity contribution in [2.24, 2.45) is 0 Å². The summed E-state index contributed by atoms with van der Waals surface area (Å²) in [6.45, 7) is 3.03. The summed E-state index contributed by atoms with van der Waals surface area (Å²) in [4.78, 5) is 19.8. The molecule has 4 nitrogen and oxygen atoms in total. The van der Waals surface area contributed by atoms with E-state index in [0.29, 0.717) is 23.7 Å². The molecule has 0 bridgehead atoms. The van der Waals surface area contributed by atoms with E-state index >= 15 is 0 Å². The maximum absolute atomic E-state index is 12.6. The van der Waals surface area contributed by atoms with Crippen LogP contribution in [0.1, 0.15) is 10.4 Å². The van der Waals surface area contributed by atoms with E-state index in [1.165, 1.54) is 5.69 Å². The first-order valence-electron chi connectivity index (χ1n) is 7.10. The molecule has 1 fully saturated rings. The molecule has 3 rings (SSSR count). The van der Waals surface area contributed by atoms with Crippen LogP contribution in [-0.4, -0.2) is 37.0 Å². The molecular formula is C16H16BrClN3O+. The molecule has 1 N–H and O–H groups in total. The number of benzene rings is 1. The SMILES string of the molecule is O=C(c1cc(Br)ccc1Cl)N1CCN(c2cc[nH+]cc2)CC1. The van der Waals surface area contributed by atoms with Crippen molar-refractivity contribution in [2.45, 2.75) is 0 Å². The number of carbonyl (C=O) groups excluding carboxylic acids is 1. The predicted molar refractivity (Wildman–Crippen MR) is 90.3 cm³/mol. The van der Waals surface area contributed by atoms with Crippen molar-refractivity contribution >= 4 is 39.1 Å². The molecular weight excluding hydrogens is 366 g/mol. The van der Waals surface area contributed by atoms with Crippen LogP contribution in [0.3, 0.4) is 0 Å². The molecule has 0 atom stereocenters. The van der Waals surface area contributed by atoms with Gasteiger partial charge >= 0.3 is 0 Å². The largest absolute Gasteiger partial charge is 0.368 e. The summed E-state index contributed by atoms with van der Waals surface area (Å²) in [6.07, 6.45) is 3.82. The van der Waals surface area contributed by atoms with E-state index < -0.39 is 0 Å². The van der Waals surface area contributed by atoms with Crippen LogP contribution in [0.15, 0.2) is 47.2 Å². The maximum atomic E-state index is 12.6. The molecule has 1 aromatic heterocycles. The van der Waals surface area contributed by atoms with Gasteiger partial charge in [0.05, 0.1) is 10.6 Å². The van der Waals surface area contributed by atoms with Crippen LogP contribution < -0.4 is 9.88 Å². The number of aromatic amines is 1. The minimum Gasteiger partial charge on any atom is -0.368 e. The number of nitrogens with one attached hydrogen (secondary N) is 1. The standard InChI is InChI=1S/C16H15BrClN3O/c17-12-1-2-15(18)14(11-12)16(22)21-9-7-20(8-10-21)13-3-5-19-6-4-13/h1-6,11H,7-10H2/p+1. The highest BCUT2D eigenvalue weighted by molar-refractivity contribution is 9.10. The molecule has 22 heavy (non-hydrogen) atoms. The zero-order chi connectivity index (χ0) is 15.5. The van der Waals surface area contributed by atoms with E-state index in [1.807, 2.05) is 35.5 Å². The van der Waals surface area contributed by atoms with Gasteiger partial charge in [0.15, 0.2) is 12.4 Å². The molecule has 0 saturated carbocycles. The number of halogens is 2. The van der Waals surface area contributed by atoms with E-state index in [4.69, 9.17) is 11.6 Å². The Morgan fingerprint density at radius 3 is 2.45 bits per heavy atom. The molecule has 1 aliphatic rings. The number of carbonyl (C=O) groups is 1.